The topological polar surface area (TPSA) is 72.5 Å². The molecule has 2 heterocycles. The molecule has 1 unspecified atom stereocenters. The summed E-state index contributed by atoms with van der Waals surface area (Å²) in [5, 5.41) is 21.8. The zero-order chi connectivity index (χ0) is 19.5. The first-order chi connectivity index (χ1) is 12.4. The van der Waals surface area contributed by atoms with Crippen molar-refractivity contribution in [3.05, 3.63) is 21.9 Å². The van der Waals surface area contributed by atoms with Crippen LogP contribution in [0.4, 0.5) is 10.1 Å². The lowest BCUT2D eigenvalue weighted by Crippen LogP contribution is -2.43. The lowest BCUT2D eigenvalue weighted by atomic mass is 9.37. The molecule has 1 aliphatic rings. The number of benzene rings is 1. The smallest absolute Gasteiger partial charge is 0.268 e. The van der Waals surface area contributed by atoms with Gasteiger partial charge in [0.1, 0.15) is 17.4 Å². The number of nitrogens with one attached hydrogen (secondary N) is 1. The van der Waals surface area contributed by atoms with Crippen molar-refractivity contribution in [3.63, 3.8) is 0 Å². The molecule has 26 heavy (non-hydrogen) atoms. The van der Waals surface area contributed by atoms with Gasteiger partial charge in [-0.1, -0.05) is 51.9 Å². The summed E-state index contributed by atoms with van der Waals surface area (Å²) >= 11 is 7.49. The summed E-state index contributed by atoms with van der Waals surface area (Å²) in [6, 6.07) is 3.35. The van der Waals surface area contributed by atoms with E-state index in [0.717, 1.165) is 30.4 Å². The normalized spacial score (nSPS) is 18.5. The third-order valence-corrected chi connectivity index (χ3v) is 5.97. The fourth-order valence-corrected chi connectivity index (χ4v) is 4.51. The van der Waals surface area contributed by atoms with Gasteiger partial charge in [0.25, 0.3) is 6.71 Å². The van der Waals surface area contributed by atoms with Crippen molar-refractivity contribution in [1.29, 1.82) is 10.5 Å². The molecule has 4 nitrogen and oxygen atoms in total. The van der Waals surface area contributed by atoms with E-state index < -0.39 is 5.82 Å². The minimum atomic E-state index is -0.446. The van der Waals surface area contributed by atoms with E-state index in [4.69, 9.17) is 22.1 Å². The van der Waals surface area contributed by atoms with Gasteiger partial charge in [0, 0.05) is 12.0 Å². The van der Waals surface area contributed by atoms with Crippen LogP contribution in [0.5, 0.6) is 0 Å². The molecular weight excluding hydrogens is 370 g/mol. The van der Waals surface area contributed by atoms with Gasteiger partial charge in [0.05, 0.1) is 15.4 Å². The number of aromatic nitrogens is 1. The molecule has 1 fully saturated rings. The molecule has 0 bridgehead atoms. The predicted molar refractivity (Wildman–Crippen MR) is 107 cm³/mol. The van der Waals surface area contributed by atoms with Crippen LogP contribution in [0.25, 0.3) is 10.2 Å². The number of fused-ring (bicyclic) bond motifs is 1. The predicted octanol–water partition coefficient (Wildman–Crippen LogP) is 5.75. The van der Waals surface area contributed by atoms with Gasteiger partial charge in [0.2, 0.25) is 0 Å². The summed E-state index contributed by atoms with van der Waals surface area (Å²) in [6.07, 6.45) is 2.33. The van der Waals surface area contributed by atoms with E-state index in [2.05, 4.69) is 30.1 Å². The summed E-state index contributed by atoms with van der Waals surface area (Å²) in [5.41, 5.74) is 0.529. The van der Waals surface area contributed by atoms with Crippen molar-refractivity contribution in [2.75, 3.05) is 5.32 Å². The Kier molecular flexibility index (Phi) is 6.50. The number of hydrogen-bond acceptors (Lipinski definition) is 5. The summed E-state index contributed by atoms with van der Waals surface area (Å²) in [7, 11) is 0. The number of hydrogen-bond donors (Lipinski definition) is 1. The van der Waals surface area contributed by atoms with Crippen LogP contribution in [0, 0.1) is 33.8 Å². The first-order valence-corrected chi connectivity index (χ1v) is 9.90. The van der Waals surface area contributed by atoms with Gasteiger partial charge in [-0.15, -0.1) is 11.3 Å². The van der Waals surface area contributed by atoms with Crippen molar-refractivity contribution in [3.8, 4) is 12.0 Å². The van der Waals surface area contributed by atoms with Crippen molar-refractivity contribution in [2.45, 2.75) is 52.8 Å². The van der Waals surface area contributed by atoms with E-state index in [9.17, 15) is 4.39 Å². The van der Waals surface area contributed by atoms with Gasteiger partial charge < -0.3 is 5.32 Å². The largest absolute Gasteiger partial charge is 0.378 e. The van der Waals surface area contributed by atoms with E-state index in [-0.39, 0.29) is 33.9 Å². The second-order valence-corrected chi connectivity index (χ2v) is 8.23. The Hall–Kier alpha value is -1.83. The molecule has 1 atom stereocenters. The van der Waals surface area contributed by atoms with Gasteiger partial charge in [-0.2, -0.15) is 5.26 Å². The highest BCUT2D eigenvalue weighted by Gasteiger charge is 2.39. The van der Waals surface area contributed by atoms with E-state index >= 15 is 0 Å². The molecule has 8 heteroatoms. The van der Waals surface area contributed by atoms with Crippen LogP contribution >= 0.6 is 22.9 Å². The highest BCUT2D eigenvalue weighted by molar-refractivity contribution is 7.19. The van der Waals surface area contributed by atoms with Crippen LogP contribution < -0.4 is 5.32 Å². The molecule has 1 N–H and O–H groups in total. The summed E-state index contributed by atoms with van der Waals surface area (Å²) in [6.45, 7) is 8.20. The lowest BCUT2D eigenvalue weighted by Gasteiger charge is -2.40. The first-order valence-electron chi connectivity index (χ1n) is 8.70. The van der Waals surface area contributed by atoms with Gasteiger partial charge in [-0.3, -0.25) is 0 Å². The Morgan fingerprint density at radius 1 is 1.42 bits per heavy atom. The van der Waals surface area contributed by atoms with Crippen LogP contribution in [-0.2, 0) is 0 Å². The molecule has 0 saturated carbocycles. The summed E-state index contributed by atoms with van der Waals surface area (Å²) in [5.74, 6) is 1.89. The van der Waals surface area contributed by atoms with Crippen molar-refractivity contribution in [2.24, 2.45) is 5.41 Å². The lowest BCUT2D eigenvalue weighted by molar-refractivity contribution is 0.316. The number of thiazole rings is 1. The first kappa shape index (κ1) is 20.5. The molecule has 1 saturated heterocycles. The van der Waals surface area contributed by atoms with Crippen LogP contribution in [0.15, 0.2) is 6.07 Å². The minimum absolute atomic E-state index is 0.0145. The molecular formula is C18H21BClFN4S. The monoisotopic (exact) mass is 390 g/mol. The van der Waals surface area contributed by atoms with Gasteiger partial charge >= 0.3 is 0 Å². The Bertz CT molecular complexity index is 884. The number of halogens is 2. The number of nitriles is 2. The van der Waals surface area contributed by atoms with Gasteiger partial charge in [-0.25, -0.2) is 14.6 Å². The van der Waals surface area contributed by atoms with Crippen molar-refractivity contribution >= 4 is 45.6 Å². The van der Waals surface area contributed by atoms with E-state index in [1.165, 1.54) is 6.07 Å². The quantitative estimate of drug-likeness (QED) is 0.662. The zero-order valence-electron chi connectivity index (χ0n) is 15.4. The SMILES string of the molecule is CC.CC1(C)CB(C#N)CCC1Nc1c(F)cc2sc(C#N)nc2c1Cl. The maximum absolute atomic E-state index is 14.5. The highest BCUT2D eigenvalue weighted by Crippen LogP contribution is 2.42. The van der Waals surface area contributed by atoms with E-state index in [1.807, 2.05) is 19.9 Å². The molecule has 0 radical (unpaired) electrons. The Morgan fingerprint density at radius 2 is 2.12 bits per heavy atom. The third-order valence-electron chi connectivity index (χ3n) is 4.69. The van der Waals surface area contributed by atoms with E-state index in [0.29, 0.717) is 10.2 Å². The molecule has 1 aromatic carbocycles. The molecule has 1 aliphatic heterocycles. The molecule has 0 spiro atoms. The molecule has 2 aromatic rings. The fourth-order valence-electron chi connectivity index (χ4n) is 3.37. The molecule has 0 amide bonds. The van der Waals surface area contributed by atoms with Crippen LogP contribution in [-0.4, -0.2) is 17.7 Å². The standard InChI is InChI=1S/C16H15BClFN4S.C2H6/c1-16(2)7-17(8-21)4-3-11(16)22-14-9(19)5-10-15(13(14)18)23-12(6-20)24-10;1-2/h5,11,22H,3-4,7H2,1-2H3;1-2H3. The maximum atomic E-state index is 14.5. The molecule has 136 valence electrons. The molecule has 3 rings (SSSR count). The minimum Gasteiger partial charge on any atom is -0.378 e. The Labute approximate surface area is 163 Å². The third kappa shape index (κ3) is 3.95. The Morgan fingerprint density at radius 3 is 2.69 bits per heavy atom. The molecule has 0 aliphatic carbocycles. The van der Waals surface area contributed by atoms with Gasteiger partial charge in [0.15, 0.2) is 5.01 Å². The van der Waals surface area contributed by atoms with Crippen molar-refractivity contribution in [1.82, 2.24) is 4.98 Å². The number of nitrogens with zero attached hydrogens (tertiary/aromatic N) is 3. The number of rotatable bonds is 2. The van der Waals surface area contributed by atoms with Gasteiger partial charge in [-0.05, 0) is 17.9 Å². The second-order valence-electron chi connectivity index (χ2n) is 6.82. The summed E-state index contributed by atoms with van der Waals surface area (Å²) in [4.78, 5) is 4.16. The van der Waals surface area contributed by atoms with Crippen molar-refractivity contribution < 1.29 is 4.39 Å². The van der Waals surface area contributed by atoms with Crippen LogP contribution in [0.3, 0.4) is 0 Å². The van der Waals surface area contributed by atoms with Crippen LogP contribution in [0.2, 0.25) is 17.7 Å². The Balaban J connectivity index is 0.00000117. The number of anilines is 1. The average Bonchev–Trinajstić information content (AvgIpc) is 3.04. The fraction of sp³-hybridized carbons (Fsp3) is 0.500. The highest BCUT2D eigenvalue weighted by atomic mass is 35.5. The maximum Gasteiger partial charge on any atom is 0.268 e. The van der Waals surface area contributed by atoms with E-state index in [1.54, 1.807) is 0 Å². The average molecular weight is 391 g/mol. The zero-order valence-corrected chi connectivity index (χ0v) is 16.9. The molecule has 1 aromatic heterocycles. The van der Waals surface area contributed by atoms with Crippen LogP contribution in [0.1, 0.15) is 39.1 Å². The summed E-state index contributed by atoms with van der Waals surface area (Å²) < 4.78 is 15.1. The second kappa shape index (κ2) is 8.25.